The molecule has 0 fully saturated rings. The van der Waals surface area contributed by atoms with Crippen LogP contribution in [0.3, 0.4) is 0 Å². The number of aromatic hydroxyl groups is 1. The van der Waals surface area contributed by atoms with E-state index >= 15 is 0 Å². The van der Waals surface area contributed by atoms with Gasteiger partial charge in [0.15, 0.2) is 11.5 Å². The first-order valence-corrected chi connectivity index (χ1v) is 8.23. The molecule has 0 aliphatic carbocycles. The van der Waals surface area contributed by atoms with Crippen molar-refractivity contribution in [3.05, 3.63) is 48.0 Å². The highest BCUT2D eigenvalue weighted by Crippen LogP contribution is 2.26. The van der Waals surface area contributed by atoms with Crippen LogP contribution in [0.15, 0.2) is 47.6 Å². The first-order valence-electron chi connectivity index (χ1n) is 8.23. The summed E-state index contributed by atoms with van der Waals surface area (Å²) in [7, 11) is 0. The van der Waals surface area contributed by atoms with Crippen molar-refractivity contribution in [1.82, 2.24) is 20.4 Å². The highest BCUT2D eigenvalue weighted by Gasteiger charge is 2.06. The van der Waals surface area contributed by atoms with Crippen LogP contribution in [0.1, 0.15) is 18.9 Å². The van der Waals surface area contributed by atoms with Crippen molar-refractivity contribution in [2.24, 2.45) is 5.10 Å². The number of fused-ring (bicyclic) bond motifs is 1. The lowest BCUT2D eigenvalue weighted by Crippen LogP contribution is -2.19. The molecule has 3 aromatic rings. The molecule has 134 valence electrons. The average Bonchev–Trinajstić information content (AvgIpc) is 3.06. The van der Waals surface area contributed by atoms with Gasteiger partial charge in [-0.15, -0.1) is 5.10 Å². The van der Waals surface area contributed by atoms with Crippen molar-refractivity contribution in [2.75, 3.05) is 6.61 Å². The van der Waals surface area contributed by atoms with Gasteiger partial charge in [-0.1, -0.05) is 17.3 Å². The summed E-state index contributed by atoms with van der Waals surface area (Å²) in [5.74, 6) is 0.207. The molecule has 1 heterocycles. The Morgan fingerprint density at radius 3 is 3.04 bits per heavy atom. The molecule has 0 radical (unpaired) electrons. The first-order chi connectivity index (χ1) is 12.7. The van der Waals surface area contributed by atoms with Gasteiger partial charge in [-0.05, 0) is 42.8 Å². The van der Waals surface area contributed by atoms with Gasteiger partial charge in [-0.3, -0.25) is 4.79 Å². The smallest absolute Gasteiger partial charge is 0.241 e. The quantitative estimate of drug-likeness (QED) is 0.500. The number of hydrogen-bond donors (Lipinski definition) is 2. The van der Waals surface area contributed by atoms with Crippen LogP contribution in [0.2, 0.25) is 0 Å². The minimum absolute atomic E-state index is 0.0631. The zero-order valence-electron chi connectivity index (χ0n) is 14.3. The van der Waals surface area contributed by atoms with E-state index in [-0.39, 0.29) is 18.1 Å². The molecular weight excluding hydrogens is 334 g/mol. The van der Waals surface area contributed by atoms with Crippen molar-refractivity contribution >= 4 is 23.2 Å². The number of phenolic OH excluding ortho intramolecular Hbond substituents is 1. The number of nitrogens with one attached hydrogen (secondary N) is 1. The second-order valence-electron chi connectivity index (χ2n) is 5.50. The summed E-state index contributed by atoms with van der Waals surface area (Å²) in [5.41, 5.74) is 4.86. The van der Waals surface area contributed by atoms with Crippen molar-refractivity contribution in [1.29, 1.82) is 0 Å². The van der Waals surface area contributed by atoms with E-state index in [0.717, 1.165) is 11.0 Å². The zero-order valence-corrected chi connectivity index (χ0v) is 14.3. The number of ether oxygens (including phenoxy) is 1. The number of hydrogen-bond acceptors (Lipinski definition) is 6. The predicted molar refractivity (Wildman–Crippen MR) is 97.2 cm³/mol. The second-order valence-corrected chi connectivity index (χ2v) is 5.50. The molecule has 0 atom stereocenters. The highest BCUT2D eigenvalue weighted by atomic mass is 16.5. The molecule has 0 aliphatic rings. The SMILES string of the molecule is CCOc1cc(/C=N\NC(=O)CCn2nnc3ccccc32)ccc1O. The van der Waals surface area contributed by atoms with Gasteiger partial charge in [0.2, 0.25) is 5.91 Å². The monoisotopic (exact) mass is 353 g/mol. The number of nitrogens with zero attached hydrogens (tertiary/aromatic N) is 4. The predicted octanol–water partition coefficient (Wildman–Crippen LogP) is 2.08. The van der Waals surface area contributed by atoms with E-state index in [1.807, 2.05) is 31.2 Å². The van der Waals surface area contributed by atoms with E-state index in [0.29, 0.717) is 24.5 Å². The molecule has 0 spiro atoms. The fraction of sp³-hybridized carbons (Fsp3) is 0.222. The van der Waals surface area contributed by atoms with Crippen LogP contribution in [0.4, 0.5) is 0 Å². The third-order valence-corrected chi connectivity index (χ3v) is 3.66. The van der Waals surface area contributed by atoms with Crippen molar-refractivity contribution in [2.45, 2.75) is 19.9 Å². The van der Waals surface area contributed by atoms with Gasteiger partial charge in [0.05, 0.1) is 24.9 Å². The molecule has 1 aromatic heterocycles. The van der Waals surface area contributed by atoms with E-state index < -0.39 is 0 Å². The minimum atomic E-state index is -0.232. The third kappa shape index (κ3) is 4.15. The van der Waals surface area contributed by atoms with Crippen LogP contribution in [0, 0.1) is 0 Å². The van der Waals surface area contributed by atoms with Crippen LogP contribution >= 0.6 is 0 Å². The van der Waals surface area contributed by atoms with Gasteiger partial charge in [-0.25, -0.2) is 10.1 Å². The lowest BCUT2D eigenvalue weighted by Gasteiger charge is -2.06. The Labute approximate surface area is 150 Å². The van der Waals surface area contributed by atoms with Gasteiger partial charge in [-0.2, -0.15) is 5.10 Å². The molecule has 0 aliphatic heterocycles. The Kier molecular flexibility index (Phi) is 5.43. The van der Waals surface area contributed by atoms with Crippen molar-refractivity contribution in [3.63, 3.8) is 0 Å². The maximum atomic E-state index is 11.9. The van der Waals surface area contributed by atoms with Crippen molar-refractivity contribution < 1.29 is 14.6 Å². The standard InChI is InChI=1S/C18H19N5O3/c1-2-26-17-11-13(7-8-16(17)24)12-19-21-18(25)9-10-23-15-6-4-3-5-14(15)20-22-23/h3-8,11-12,24H,2,9-10H2,1H3,(H,21,25)/b19-12-. The Bertz CT molecular complexity index is 935. The summed E-state index contributed by atoms with van der Waals surface area (Å²) < 4.78 is 6.99. The fourth-order valence-electron chi connectivity index (χ4n) is 2.41. The minimum Gasteiger partial charge on any atom is -0.504 e. The first kappa shape index (κ1) is 17.4. The summed E-state index contributed by atoms with van der Waals surface area (Å²) in [5, 5.41) is 21.7. The molecule has 8 heteroatoms. The maximum absolute atomic E-state index is 11.9. The number of amides is 1. The number of aryl methyl sites for hydroxylation is 1. The number of benzene rings is 2. The highest BCUT2D eigenvalue weighted by molar-refractivity contribution is 5.83. The van der Waals surface area contributed by atoms with E-state index in [9.17, 15) is 9.90 Å². The second kappa shape index (κ2) is 8.11. The number of hydrazone groups is 1. The van der Waals surface area contributed by atoms with Crippen LogP contribution in [0.5, 0.6) is 11.5 Å². The molecule has 3 rings (SSSR count). The summed E-state index contributed by atoms with van der Waals surface area (Å²) in [6, 6.07) is 12.4. The average molecular weight is 353 g/mol. The summed E-state index contributed by atoms with van der Waals surface area (Å²) in [4.78, 5) is 11.9. The third-order valence-electron chi connectivity index (χ3n) is 3.66. The van der Waals surface area contributed by atoms with Crippen LogP contribution in [-0.4, -0.2) is 38.8 Å². The molecular formula is C18H19N5O3. The van der Waals surface area contributed by atoms with Gasteiger partial charge in [0.25, 0.3) is 0 Å². The van der Waals surface area contributed by atoms with Gasteiger partial charge >= 0.3 is 0 Å². The van der Waals surface area contributed by atoms with Gasteiger partial charge in [0, 0.05) is 6.42 Å². The summed E-state index contributed by atoms with van der Waals surface area (Å²) in [6.45, 7) is 2.69. The summed E-state index contributed by atoms with van der Waals surface area (Å²) >= 11 is 0. The molecule has 26 heavy (non-hydrogen) atoms. The Balaban J connectivity index is 1.54. The topological polar surface area (TPSA) is 102 Å². The number of aromatic nitrogens is 3. The largest absolute Gasteiger partial charge is 0.504 e. The van der Waals surface area contributed by atoms with Crippen LogP contribution in [-0.2, 0) is 11.3 Å². The Morgan fingerprint density at radius 1 is 1.35 bits per heavy atom. The molecule has 8 nitrogen and oxygen atoms in total. The van der Waals surface area contributed by atoms with Gasteiger partial charge in [0.1, 0.15) is 5.52 Å². The molecule has 0 saturated heterocycles. The maximum Gasteiger partial charge on any atom is 0.241 e. The molecule has 0 bridgehead atoms. The number of phenols is 1. The molecule has 0 unspecified atom stereocenters. The Morgan fingerprint density at radius 2 is 2.19 bits per heavy atom. The van der Waals surface area contributed by atoms with Crippen LogP contribution < -0.4 is 10.2 Å². The number of rotatable bonds is 7. The molecule has 2 aromatic carbocycles. The number of para-hydroxylation sites is 1. The summed E-state index contributed by atoms with van der Waals surface area (Å²) in [6.07, 6.45) is 1.72. The van der Waals surface area contributed by atoms with E-state index in [4.69, 9.17) is 4.74 Å². The van der Waals surface area contributed by atoms with E-state index in [1.165, 1.54) is 12.3 Å². The van der Waals surface area contributed by atoms with Crippen LogP contribution in [0.25, 0.3) is 11.0 Å². The number of carbonyl (C=O) groups excluding carboxylic acids is 1. The van der Waals surface area contributed by atoms with E-state index in [1.54, 1.807) is 16.8 Å². The van der Waals surface area contributed by atoms with Crippen molar-refractivity contribution in [3.8, 4) is 11.5 Å². The zero-order chi connectivity index (χ0) is 18.4. The van der Waals surface area contributed by atoms with E-state index in [2.05, 4.69) is 20.8 Å². The molecule has 1 amide bonds. The molecule has 2 N–H and O–H groups in total. The lowest BCUT2D eigenvalue weighted by molar-refractivity contribution is -0.121. The number of carbonyl (C=O) groups is 1. The Hall–Kier alpha value is -3.42. The molecule has 0 saturated carbocycles. The normalized spacial score (nSPS) is 11.1. The van der Waals surface area contributed by atoms with Gasteiger partial charge < -0.3 is 9.84 Å². The lowest BCUT2D eigenvalue weighted by atomic mass is 10.2. The fourth-order valence-corrected chi connectivity index (χ4v) is 2.41.